The third-order valence-electron chi connectivity index (χ3n) is 4.29. The molecule has 0 aromatic heterocycles. The summed E-state index contributed by atoms with van der Waals surface area (Å²) in [6, 6.07) is 23.5. The van der Waals surface area contributed by atoms with Crippen LogP contribution in [0.15, 0.2) is 72.8 Å². The molecule has 0 heterocycles. The number of amides is 1. The summed E-state index contributed by atoms with van der Waals surface area (Å²) in [5.41, 5.74) is 11.4. The number of carbonyl (C=O) groups excluding carboxylic acids is 1. The third kappa shape index (κ3) is 3.72. The van der Waals surface area contributed by atoms with E-state index < -0.39 is 0 Å². The maximum Gasteiger partial charge on any atom is 0.236 e. The van der Waals surface area contributed by atoms with Gasteiger partial charge in [-0.25, -0.2) is 0 Å². The Balaban J connectivity index is 1.99. The minimum atomic E-state index is -0.387. The van der Waals surface area contributed by atoms with Crippen molar-refractivity contribution in [3.8, 4) is 0 Å². The van der Waals surface area contributed by atoms with Crippen molar-refractivity contribution in [2.24, 2.45) is 0 Å². The molecule has 3 rings (SSSR count). The minimum absolute atomic E-state index is 0.0870. The van der Waals surface area contributed by atoms with Gasteiger partial charge in [-0.05, 0) is 42.2 Å². The molecule has 3 aromatic rings. The van der Waals surface area contributed by atoms with Crippen LogP contribution in [0.4, 0.5) is 11.4 Å². The average Bonchev–Trinajstić information content (AvgIpc) is 2.60. The lowest BCUT2D eigenvalue weighted by molar-refractivity contribution is -0.116. The summed E-state index contributed by atoms with van der Waals surface area (Å²) < 4.78 is 0. The molecular weight excluding hydrogens is 308 g/mol. The molecule has 25 heavy (non-hydrogen) atoms. The lowest BCUT2D eigenvalue weighted by Crippen LogP contribution is -2.23. The van der Waals surface area contributed by atoms with Crippen LogP contribution < -0.4 is 11.1 Å². The number of aryl methyl sites for hydroxylation is 2. The molecule has 3 aromatic carbocycles. The zero-order valence-electron chi connectivity index (χ0n) is 14.5. The Labute approximate surface area is 148 Å². The van der Waals surface area contributed by atoms with Crippen LogP contribution in [-0.4, -0.2) is 5.91 Å². The second-order valence-corrected chi connectivity index (χ2v) is 6.29. The molecule has 3 N–H and O–H groups in total. The molecule has 0 saturated heterocycles. The van der Waals surface area contributed by atoms with E-state index in [1.54, 1.807) is 0 Å². The normalized spacial score (nSPS) is 10.7. The molecule has 0 aliphatic carbocycles. The van der Waals surface area contributed by atoms with Crippen LogP contribution in [0.5, 0.6) is 0 Å². The van der Waals surface area contributed by atoms with Gasteiger partial charge in [0.25, 0.3) is 0 Å². The van der Waals surface area contributed by atoms with Gasteiger partial charge in [0, 0.05) is 0 Å². The first kappa shape index (κ1) is 16.8. The van der Waals surface area contributed by atoms with Gasteiger partial charge in [0.05, 0.1) is 17.3 Å². The Morgan fingerprint density at radius 2 is 1.40 bits per heavy atom. The summed E-state index contributed by atoms with van der Waals surface area (Å²) in [6.07, 6.45) is 0. The van der Waals surface area contributed by atoms with Crippen molar-refractivity contribution in [1.82, 2.24) is 0 Å². The van der Waals surface area contributed by atoms with Crippen LogP contribution in [0.2, 0.25) is 0 Å². The minimum Gasteiger partial charge on any atom is -0.397 e. The van der Waals surface area contributed by atoms with Crippen LogP contribution in [-0.2, 0) is 4.79 Å². The lowest BCUT2D eigenvalue weighted by Gasteiger charge is -2.20. The average molecular weight is 330 g/mol. The van der Waals surface area contributed by atoms with E-state index in [-0.39, 0.29) is 11.8 Å². The van der Waals surface area contributed by atoms with Gasteiger partial charge in [0.15, 0.2) is 0 Å². The van der Waals surface area contributed by atoms with Gasteiger partial charge < -0.3 is 11.1 Å². The highest BCUT2D eigenvalue weighted by Gasteiger charge is 2.23. The van der Waals surface area contributed by atoms with E-state index in [4.69, 9.17) is 5.73 Å². The maximum atomic E-state index is 13.1. The fraction of sp³-hybridized carbons (Fsp3) is 0.136. The number of nitrogen functional groups attached to an aromatic ring is 1. The van der Waals surface area contributed by atoms with Crippen molar-refractivity contribution in [2.75, 3.05) is 11.1 Å². The van der Waals surface area contributed by atoms with E-state index in [2.05, 4.69) is 5.32 Å². The Morgan fingerprint density at radius 3 is 1.88 bits per heavy atom. The molecule has 126 valence electrons. The van der Waals surface area contributed by atoms with Crippen LogP contribution in [0.1, 0.15) is 28.2 Å². The first-order chi connectivity index (χ1) is 12.1. The standard InChI is InChI=1S/C22H22N2O/c1-15-13-16(2)21(19(23)14-15)24-22(25)20(17-9-5-3-6-10-17)18-11-7-4-8-12-18/h3-14,20H,23H2,1-2H3,(H,24,25). The molecule has 0 saturated carbocycles. The molecular formula is C22H22N2O. The monoisotopic (exact) mass is 330 g/mol. The highest BCUT2D eigenvalue weighted by Crippen LogP contribution is 2.30. The number of hydrogen-bond acceptors (Lipinski definition) is 2. The van der Waals surface area contributed by atoms with Gasteiger partial charge in [-0.2, -0.15) is 0 Å². The van der Waals surface area contributed by atoms with E-state index in [1.165, 1.54) is 0 Å². The number of anilines is 2. The number of rotatable bonds is 4. The van der Waals surface area contributed by atoms with Crippen LogP contribution >= 0.6 is 0 Å². The third-order valence-corrected chi connectivity index (χ3v) is 4.29. The molecule has 0 spiro atoms. The van der Waals surface area contributed by atoms with Gasteiger partial charge in [-0.1, -0.05) is 66.7 Å². The fourth-order valence-corrected chi connectivity index (χ4v) is 3.15. The van der Waals surface area contributed by atoms with Crippen molar-refractivity contribution < 1.29 is 4.79 Å². The number of benzene rings is 3. The second kappa shape index (κ2) is 7.22. The summed E-state index contributed by atoms with van der Waals surface area (Å²) in [7, 11) is 0. The van der Waals surface area contributed by atoms with Gasteiger partial charge in [-0.3, -0.25) is 4.79 Å². The van der Waals surface area contributed by atoms with E-state index in [9.17, 15) is 4.79 Å². The van der Waals surface area contributed by atoms with Gasteiger partial charge in [0.1, 0.15) is 0 Å². The van der Waals surface area contributed by atoms with Crippen molar-refractivity contribution in [2.45, 2.75) is 19.8 Å². The van der Waals surface area contributed by atoms with Crippen molar-refractivity contribution >= 4 is 17.3 Å². The Kier molecular flexibility index (Phi) is 4.85. The number of carbonyl (C=O) groups is 1. The summed E-state index contributed by atoms with van der Waals surface area (Å²) in [5, 5.41) is 3.04. The largest absolute Gasteiger partial charge is 0.397 e. The molecule has 3 heteroatoms. The molecule has 0 unspecified atom stereocenters. The van der Waals surface area contributed by atoms with Crippen molar-refractivity contribution in [3.05, 3.63) is 95.1 Å². The number of nitrogens with two attached hydrogens (primary N) is 1. The Hall–Kier alpha value is -3.07. The van der Waals surface area contributed by atoms with E-state index >= 15 is 0 Å². The summed E-state index contributed by atoms with van der Waals surface area (Å²) >= 11 is 0. The van der Waals surface area contributed by atoms with Crippen LogP contribution in [0.25, 0.3) is 0 Å². The number of hydrogen-bond donors (Lipinski definition) is 2. The van der Waals surface area contributed by atoms with Gasteiger partial charge in [-0.15, -0.1) is 0 Å². The van der Waals surface area contributed by atoms with E-state index in [0.717, 1.165) is 22.3 Å². The quantitative estimate of drug-likeness (QED) is 0.684. The molecule has 3 nitrogen and oxygen atoms in total. The topological polar surface area (TPSA) is 55.1 Å². The second-order valence-electron chi connectivity index (χ2n) is 6.29. The smallest absolute Gasteiger partial charge is 0.236 e. The summed E-state index contributed by atoms with van der Waals surface area (Å²) in [6.45, 7) is 3.95. The first-order valence-electron chi connectivity index (χ1n) is 8.33. The van der Waals surface area contributed by atoms with Gasteiger partial charge in [0.2, 0.25) is 5.91 Å². The zero-order valence-corrected chi connectivity index (χ0v) is 14.5. The maximum absolute atomic E-state index is 13.1. The molecule has 0 fully saturated rings. The molecule has 1 amide bonds. The van der Waals surface area contributed by atoms with Crippen LogP contribution in [0, 0.1) is 13.8 Å². The highest BCUT2D eigenvalue weighted by atomic mass is 16.1. The zero-order chi connectivity index (χ0) is 17.8. The Morgan fingerprint density at radius 1 is 0.880 bits per heavy atom. The molecule has 0 aliphatic heterocycles. The van der Waals surface area contributed by atoms with Gasteiger partial charge >= 0.3 is 0 Å². The first-order valence-corrected chi connectivity index (χ1v) is 8.33. The van der Waals surface area contributed by atoms with E-state index in [0.29, 0.717) is 11.4 Å². The summed E-state index contributed by atoms with van der Waals surface area (Å²) in [4.78, 5) is 13.1. The lowest BCUT2D eigenvalue weighted by atomic mass is 9.90. The van der Waals surface area contributed by atoms with Crippen LogP contribution in [0.3, 0.4) is 0 Å². The Bertz CT molecular complexity index is 811. The molecule has 0 bridgehead atoms. The molecule has 0 aliphatic rings. The number of nitrogens with one attached hydrogen (secondary N) is 1. The predicted molar refractivity (Wildman–Crippen MR) is 104 cm³/mol. The van der Waals surface area contributed by atoms with Crippen molar-refractivity contribution in [1.29, 1.82) is 0 Å². The van der Waals surface area contributed by atoms with Crippen molar-refractivity contribution in [3.63, 3.8) is 0 Å². The van der Waals surface area contributed by atoms with E-state index in [1.807, 2.05) is 86.6 Å². The fourth-order valence-electron chi connectivity index (χ4n) is 3.15. The summed E-state index contributed by atoms with van der Waals surface area (Å²) in [5.74, 6) is -0.474. The highest BCUT2D eigenvalue weighted by molar-refractivity contribution is 6.01. The molecule has 0 radical (unpaired) electrons. The SMILES string of the molecule is Cc1cc(C)c(NC(=O)C(c2ccccc2)c2ccccc2)c(N)c1. The molecule has 0 atom stereocenters. The predicted octanol–water partition coefficient (Wildman–Crippen LogP) is 4.66.